The van der Waals surface area contributed by atoms with Crippen molar-refractivity contribution in [2.24, 2.45) is 5.92 Å². The number of piperidine rings is 1. The van der Waals surface area contributed by atoms with E-state index in [0.29, 0.717) is 0 Å². The van der Waals surface area contributed by atoms with Crippen LogP contribution in [0.15, 0.2) is 18.2 Å². The number of nitrogens with one attached hydrogen (secondary N) is 2. The largest absolute Gasteiger partial charge is 0.373 e. The molecule has 1 saturated heterocycles. The minimum Gasteiger partial charge on any atom is -0.373 e. The highest BCUT2D eigenvalue weighted by molar-refractivity contribution is 5.44. The number of rotatable bonds is 5. The van der Waals surface area contributed by atoms with Crippen LogP contribution in [-0.4, -0.2) is 43.1 Å². The lowest BCUT2D eigenvalue weighted by molar-refractivity contribution is 0.198. The molecule has 0 radical (unpaired) electrons. The van der Waals surface area contributed by atoms with Crippen LogP contribution in [0, 0.1) is 5.92 Å². The first-order chi connectivity index (χ1) is 8.81. The van der Waals surface area contributed by atoms with E-state index >= 15 is 0 Å². The van der Waals surface area contributed by atoms with Crippen molar-refractivity contribution in [2.75, 3.05) is 43.9 Å². The molecule has 0 amide bonds. The summed E-state index contributed by atoms with van der Waals surface area (Å²) >= 11 is 0. The van der Waals surface area contributed by atoms with Crippen molar-refractivity contribution < 1.29 is 0 Å². The van der Waals surface area contributed by atoms with E-state index in [1.165, 1.54) is 32.5 Å². The van der Waals surface area contributed by atoms with Gasteiger partial charge >= 0.3 is 0 Å². The molecule has 4 heteroatoms. The van der Waals surface area contributed by atoms with Gasteiger partial charge < -0.3 is 15.5 Å². The zero-order chi connectivity index (χ0) is 12.8. The molecular formula is C14H24N4. The first-order valence-corrected chi connectivity index (χ1v) is 6.93. The average molecular weight is 248 g/mol. The molecule has 18 heavy (non-hydrogen) atoms. The molecule has 0 saturated carbocycles. The fourth-order valence-corrected chi connectivity index (χ4v) is 2.43. The zero-order valence-electron chi connectivity index (χ0n) is 11.4. The van der Waals surface area contributed by atoms with Crippen molar-refractivity contribution in [3.8, 4) is 0 Å². The highest BCUT2D eigenvalue weighted by Gasteiger charge is 2.17. The zero-order valence-corrected chi connectivity index (χ0v) is 11.4. The molecule has 2 N–H and O–H groups in total. The lowest BCUT2D eigenvalue weighted by Gasteiger charge is -2.31. The number of hydrogen-bond donors (Lipinski definition) is 2. The van der Waals surface area contributed by atoms with Crippen molar-refractivity contribution in [1.29, 1.82) is 0 Å². The third kappa shape index (κ3) is 3.60. The molecule has 4 nitrogen and oxygen atoms in total. The van der Waals surface area contributed by atoms with Crippen LogP contribution in [0.1, 0.15) is 19.8 Å². The van der Waals surface area contributed by atoms with E-state index in [1.54, 1.807) is 0 Å². The number of likely N-dealkylation sites (tertiary alicyclic amines) is 1. The predicted octanol–water partition coefficient (Wildman–Crippen LogP) is 2.27. The summed E-state index contributed by atoms with van der Waals surface area (Å²) < 4.78 is 0. The first kappa shape index (κ1) is 13.1. The van der Waals surface area contributed by atoms with Gasteiger partial charge in [0.1, 0.15) is 11.6 Å². The Balaban J connectivity index is 1.77. The average Bonchev–Trinajstić information content (AvgIpc) is 2.46. The van der Waals surface area contributed by atoms with Gasteiger partial charge in [0, 0.05) is 13.6 Å². The quantitative estimate of drug-likeness (QED) is 0.838. The molecule has 2 rings (SSSR count). The molecule has 0 bridgehead atoms. The smallest absolute Gasteiger partial charge is 0.128 e. The van der Waals surface area contributed by atoms with Crippen LogP contribution >= 0.6 is 0 Å². The van der Waals surface area contributed by atoms with Gasteiger partial charge in [-0.05, 0) is 50.5 Å². The fraction of sp³-hybridized carbons (Fsp3) is 0.643. The van der Waals surface area contributed by atoms with Gasteiger partial charge in [0.2, 0.25) is 0 Å². The summed E-state index contributed by atoms with van der Waals surface area (Å²) in [6.07, 6.45) is 2.60. The topological polar surface area (TPSA) is 40.2 Å². The molecule has 0 aromatic carbocycles. The summed E-state index contributed by atoms with van der Waals surface area (Å²) in [5.41, 5.74) is 0. The normalized spacial score (nSPS) is 17.7. The van der Waals surface area contributed by atoms with Gasteiger partial charge in [0.15, 0.2) is 0 Å². The van der Waals surface area contributed by atoms with Crippen molar-refractivity contribution in [2.45, 2.75) is 19.8 Å². The van der Waals surface area contributed by atoms with E-state index in [4.69, 9.17) is 0 Å². The molecule has 0 spiro atoms. The predicted molar refractivity (Wildman–Crippen MR) is 77.1 cm³/mol. The van der Waals surface area contributed by atoms with Crippen LogP contribution in [0.4, 0.5) is 11.6 Å². The van der Waals surface area contributed by atoms with Crippen LogP contribution in [0.2, 0.25) is 0 Å². The van der Waals surface area contributed by atoms with Crippen molar-refractivity contribution in [1.82, 2.24) is 9.88 Å². The van der Waals surface area contributed by atoms with E-state index in [2.05, 4.69) is 27.4 Å². The van der Waals surface area contributed by atoms with Crippen molar-refractivity contribution in [3.63, 3.8) is 0 Å². The molecule has 1 fully saturated rings. The first-order valence-electron chi connectivity index (χ1n) is 6.93. The van der Waals surface area contributed by atoms with Crippen LogP contribution < -0.4 is 10.6 Å². The maximum absolute atomic E-state index is 4.47. The summed E-state index contributed by atoms with van der Waals surface area (Å²) in [6, 6.07) is 6.04. The van der Waals surface area contributed by atoms with Gasteiger partial charge in [-0.1, -0.05) is 13.0 Å². The third-order valence-corrected chi connectivity index (χ3v) is 3.73. The van der Waals surface area contributed by atoms with E-state index in [-0.39, 0.29) is 0 Å². The Morgan fingerprint density at radius 2 is 2.00 bits per heavy atom. The van der Waals surface area contributed by atoms with Gasteiger partial charge in [0.05, 0.1) is 0 Å². The molecule has 0 atom stereocenters. The maximum atomic E-state index is 4.47. The summed E-state index contributed by atoms with van der Waals surface area (Å²) in [4.78, 5) is 7.00. The molecule has 100 valence electrons. The van der Waals surface area contributed by atoms with Crippen LogP contribution in [0.3, 0.4) is 0 Å². The number of nitrogens with zero attached hydrogens (tertiary/aromatic N) is 2. The third-order valence-electron chi connectivity index (χ3n) is 3.73. The summed E-state index contributed by atoms with van der Waals surface area (Å²) in [5.74, 6) is 2.67. The van der Waals surface area contributed by atoms with Crippen LogP contribution in [0.25, 0.3) is 0 Å². The highest BCUT2D eigenvalue weighted by atomic mass is 15.1. The standard InChI is InChI=1S/C14H24N4/c1-3-18-9-7-12(8-10-18)11-16-14-6-4-5-13(15-2)17-14/h4-6,12H,3,7-11H2,1-2H3,(H2,15,16,17). The lowest BCUT2D eigenvalue weighted by Crippen LogP contribution is -2.35. The van der Waals surface area contributed by atoms with Crippen LogP contribution in [-0.2, 0) is 0 Å². The second kappa shape index (κ2) is 6.59. The Morgan fingerprint density at radius 1 is 1.28 bits per heavy atom. The minimum atomic E-state index is 0.785. The molecule has 2 heterocycles. The molecule has 0 aliphatic carbocycles. The maximum Gasteiger partial charge on any atom is 0.128 e. The van der Waals surface area contributed by atoms with E-state index in [0.717, 1.165) is 24.1 Å². The van der Waals surface area contributed by atoms with Gasteiger partial charge in [-0.3, -0.25) is 0 Å². The van der Waals surface area contributed by atoms with Gasteiger partial charge in [-0.2, -0.15) is 0 Å². The van der Waals surface area contributed by atoms with Crippen molar-refractivity contribution >= 4 is 11.6 Å². The molecule has 1 aliphatic heterocycles. The molecular weight excluding hydrogens is 224 g/mol. The van der Waals surface area contributed by atoms with Gasteiger partial charge in [-0.25, -0.2) is 4.98 Å². The second-order valence-corrected chi connectivity index (χ2v) is 4.92. The molecule has 1 aliphatic rings. The Kier molecular flexibility index (Phi) is 4.81. The fourth-order valence-electron chi connectivity index (χ4n) is 2.43. The van der Waals surface area contributed by atoms with Crippen molar-refractivity contribution in [3.05, 3.63) is 18.2 Å². The minimum absolute atomic E-state index is 0.785. The summed E-state index contributed by atoms with van der Waals surface area (Å²) in [5, 5.41) is 6.51. The van der Waals surface area contributed by atoms with E-state index in [1.807, 2.05) is 25.2 Å². The summed E-state index contributed by atoms with van der Waals surface area (Å²) in [7, 11) is 1.90. The number of anilines is 2. The van der Waals surface area contributed by atoms with E-state index in [9.17, 15) is 0 Å². The number of hydrogen-bond acceptors (Lipinski definition) is 4. The molecule has 0 unspecified atom stereocenters. The van der Waals surface area contributed by atoms with Crippen LogP contribution in [0.5, 0.6) is 0 Å². The van der Waals surface area contributed by atoms with Gasteiger partial charge in [0.25, 0.3) is 0 Å². The monoisotopic (exact) mass is 248 g/mol. The van der Waals surface area contributed by atoms with E-state index < -0.39 is 0 Å². The Hall–Kier alpha value is -1.29. The SMILES string of the molecule is CCN1CCC(CNc2cccc(NC)n2)CC1. The lowest BCUT2D eigenvalue weighted by atomic mass is 9.97. The molecule has 1 aromatic rings. The Bertz CT molecular complexity index is 359. The Morgan fingerprint density at radius 3 is 2.67 bits per heavy atom. The van der Waals surface area contributed by atoms with Gasteiger partial charge in [-0.15, -0.1) is 0 Å². The molecule has 1 aromatic heterocycles. The number of aromatic nitrogens is 1. The second-order valence-electron chi connectivity index (χ2n) is 4.92. The summed E-state index contributed by atoms with van der Waals surface area (Å²) in [6.45, 7) is 6.95. The Labute approximate surface area is 110 Å². The highest BCUT2D eigenvalue weighted by Crippen LogP contribution is 2.18. The number of pyridine rings is 1.